The van der Waals surface area contributed by atoms with Gasteiger partial charge >= 0.3 is 0 Å². The Labute approximate surface area is 114 Å². The second-order valence-electron chi connectivity index (χ2n) is 3.93. The first kappa shape index (κ1) is 12.1. The Morgan fingerprint density at radius 2 is 2.00 bits per heavy atom. The van der Waals surface area contributed by atoms with Gasteiger partial charge in [0.2, 0.25) is 5.16 Å². The number of pyridine rings is 1. The van der Waals surface area contributed by atoms with E-state index in [1.807, 2.05) is 28.8 Å². The summed E-state index contributed by atoms with van der Waals surface area (Å²) in [7, 11) is 0. The van der Waals surface area contributed by atoms with Crippen LogP contribution in [0.3, 0.4) is 0 Å². The van der Waals surface area contributed by atoms with Gasteiger partial charge < -0.3 is 5.73 Å². The first-order valence-corrected chi connectivity index (χ1v) is 6.67. The highest BCUT2D eigenvalue weighted by Gasteiger charge is 2.08. The molecule has 0 saturated heterocycles. The summed E-state index contributed by atoms with van der Waals surface area (Å²) in [4.78, 5) is 8.59. The fourth-order valence-corrected chi connectivity index (χ4v) is 2.37. The van der Waals surface area contributed by atoms with Crippen molar-refractivity contribution in [3.8, 4) is 0 Å². The maximum Gasteiger partial charge on any atom is 0.203 e. The molecule has 7 heteroatoms. The van der Waals surface area contributed by atoms with Gasteiger partial charge in [0.25, 0.3) is 0 Å². The van der Waals surface area contributed by atoms with Crippen molar-refractivity contribution in [2.75, 3.05) is 6.54 Å². The molecule has 3 heterocycles. The molecule has 0 bridgehead atoms. The number of fused-ring (bicyclic) bond motifs is 1. The molecule has 0 amide bonds. The summed E-state index contributed by atoms with van der Waals surface area (Å²) < 4.78 is 1.90. The summed E-state index contributed by atoms with van der Waals surface area (Å²) >= 11 is 1.39. The molecule has 0 aliphatic heterocycles. The number of nitrogens with two attached hydrogens (primary N) is 1. The Morgan fingerprint density at radius 1 is 1.16 bits per heavy atom. The Balaban J connectivity index is 1.84. The number of hydrogen-bond acceptors (Lipinski definition) is 6. The van der Waals surface area contributed by atoms with Gasteiger partial charge in [-0.2, -0.15) is 0 Å². The summed E-state index contributed by atoms with van der Waals surface area (Å²) in [5, 5.41) is 9.61. The molecule has 0 aromatic carbocycles. The van der Waals surface area contributed by atoms with E-state index in [1.165, 1.54) is 11.8 Å². The molecule has 96 valence electrons. The third-order valence-electron chi connectivity index (χ3n) is 2.58. The Hall–Kier alpha value is -1.99. The van der Waals surface area contributed by atoms with Crippen molar-refractivity contribution < 1.29 is 0 Å². The molecular weight excluding hydrogens is 260 g/mol. The van der Waals surface area contributed by atoms with E-state index in [0.717, 1.165) is 22.8 Å². The van der Waals surface area contributed by atoms with E-state index in [4.69, 9.17) is 5.73 Å². The number of hydrogen-bond donors (Lipinski definition) is 1. The summed E-state index contributed by atoms with van der Waals surface area (Å²) in [5.41, 5.74) is 7.34. The van der Waals surface area contributed by atoms with Gasteiger partial charge in [0.05, 0.1) is 0 Å². The van der Waals surface area contributed by atoms with E-state index < -0.39 is 0 Å². The zero-order chi connectivity index (χ0) is 13.1. The molecule has 0 atom stereocenters. The Bertz CT molecular complexity index is 678. The number of aromatic nitrogens is 5. The molecule has 2 N–H and O–H groups in total. The number of nitrogens with zero attached hydrogens (tertiary/aromatic N) is 5. The third-order valence-corrected chi connectivity index (χ3v) is 3.43. The average Bonchev–Trinajstić information content (AvgIpc) is 2.85. The van der Waals surface area contributed by atoms with Crippen LogP contribution in [0.1, 0.15) is 5.56 Å². The van der Waals surface area contributed by atoms with Gasteiger partial charge in [-0.15, -0.1) is 10.2 Å². The van der Waals surface area contributed by atoms with Crippen molar-refractivity contribution in [2.45, 2.75) is 16.7 Å². The van der Waals surface area contributed by atoms with Crippen LogP contribution in [0, 0.1) is 0 Å². The highest BCUT2D eigenvalue weighted by atomic mass is 32.2. The van der Waals surface area contributed by atoms with E-state index in [9.17, 15) is 0 Å². The molecule has 3 aromatic rings. The average molecular weight is 272 g/mol. The van der Waals surface area contributed by atoms with Gasteiger partial charge in [0.1, 0.15) is 0 Å². The Kier molecular flexibility index (Phi) is 3.39. The lowest BCUT2D eigenvalue weighted by atomic mass is 10.2. The van der Waals surface area contributed by atoms with Crippen LogP contribution in [-0.4, -0.2) is 31.1 Å². The minimum atomic E-state index is 0.602. The number of rotatable bonds is 4. The van der Waals surface area contributed by atoms with Crippen LogP contribution in [0.25, 0.3) is 5.65 Å². The summed E-state index contributed by atoms with van der Waals surface area (Å²) in [6, 6.07) is 5.77. The van der Waals surface area contributed by atoms with Gasteiger partial charge in [-0.1, -0.05) is 6.07 Å². The first-order chi connectivity index (χ1) is 9.36. The first-order valence-electron chi connectivity index (χ1n) is 5.85. The summed E-state index contributed by atoms with van der Waals surface area (Å²) in [6.07, 6.45) is 6.30. The van der Waals surface area contributed by atoms with E-state index in [-0.39, 0.29) is 0 Å². The molecule has 3 rings (SSSR count). The van der Waals surface area contributed by atoms with Crippen molar-refractivity contribution in [1.82, 2.24) is 24.6 Å². The zero-order valence-electron chi connectivity index (χ0n) is 10.1. The third kappa shape index (κ3) is 2.56. The lowest BCUT2D eigenvalue weighted by Gasteiger charge is -2.00. The van der Waals surface area contributed by atoms with E-state index in [1.54, 1.807) is 12.4 Å². The Morgan fingerprint density at radius 3 is 2.79 bits per heavy atom. The monoisotopic (exact) mass is 272 g/mol. The van der Waals surface area contributed by atoms with Crippen LogP contribution >= 0.6 is 11.8 Å². The largest absolute Gasteiger partial charge is 0.330 e. The molecule has 6 nitrogen and oxygen atoms in total. The zero-order valence-corrected chi connectivity index (χ0v) is 10.9. The second-order valence-corrected chi connectivity index (χ2v) is 4.86. The predicted octanol–water partition coefficient (Wildman–Crippen LogP) is 1.17. The molecule has 0 spiro atoms. The van der Waals surface area contributed by atoms with Gasteiger partial charge in [-0.3, -0.25) is 4.40 Å². The van der Waals surface area contributed by atoms with E-state index in [0.29, 0.717) is 11.7 Å². The van der Waals surface area contributed by atoms with Crippen molar-refractivity contribution >= 4 is 17.4 Å². The van der Waals surface area contributed by atoms with Crippen LogP contribution in [0.15, 0.2) is 47.1 Å². The summed E-state index contributed by atoms with van der Waals surface area (Å²) in [5.74, 6) is 0. The molecule has 19 heavy (non-hydrogen) atoms. The van der Waals surface area contributed by atoms with Crippen LogP contribution in [0.4, 0.5) is 0 Å². The smallest absolute Gasteiger partial charge is 0.203 e. The van der Waals surface area contributed by atoms with Crippen molar-refractivity contribution in [3.63, 3.8) is 0 Å². The SMILES string of the molecule is NCCc1cnc(Sc2nnc3ccccn23)nc1. The quantitative estimate of drug-likeness (QED) is 0.718. The standard InChI is InChI=1S/C12H12N6S/c13-5-4-9-7-14-11(15-8-9)19-12-17-16-10-3-1-2-6-18(10)12/h1-3,6-8H,4-5,13H2. The van der Waals surface area contributed by atoms with Gasteiger partial charge in [0.15, 0.2) is 10.8 Å². The molecule has 0 radical (unpaired) electrons. The van der Waals surface area contributed by atoms with E-state index in [2.05, 4.69) is 20.2 Å². The van der Waals surface area contributed by atoms with E-state index >= 15 is 0 Å². The van der Waals surface area contributed by atoms with Crippen molar-refractivity contribution in [2.24, 2.45) is 5.73 Å². The van der Waals surface area contributed by atoms with Gasteiger partial charge in [-0.25, -0.2) is 9.97 Å². The topological polar surface area (TPSA) is 82.0 Å². The van der Waals surface area contributed by atoms with Crippen LogP contribution in [0.2, 0.25) is 0 Å². The molecule has 0 fully saturated rings. The molecule has 0 aliphatic carbocycles. The highest BCUT2D eigenvalue weighted by Crippen LogP contribution is 2.22. The molecule has 0 saturated carbocycles. The minimum Gasteiger partial charge on any atom is -0.330 e. The van der Waals surface area contributed by atoms with Gasteiger partial charge in [0, 0.05) is 18.6 Å². The molecule has 0 aliphatic rings. The molecule has 3 aromatic heterocycles. The predicted molar refractivity (Wildman–Crippen MR) is 71.9 cm³/mol. The van der Waals surface area contributed by atoms with Crippen LogP contribution in [-0.2, 0) is 6.42 Å². The second kappa shape index (κ2) is 5.33. The van der Waals surface area contributed by atoms with Crippen molar-refractivity contribution in [1.29, 1.82) is 0 Å². The maximum absolute atomic E-state index is 5.49. The minimum absolute atomic E-state index is 0.602. The maximum atomic E-state index is 5.49. The van der Waals surface area contributed by atoms with Crippen molar-refractivity contribution in [3.05, 3.63) is 42.4 Å². The lowest BCUT2D eigenvalue weighted by molar-refractivity contribution is 0.873. The molecule has 0 unspecified atom stereocenters. The van der Waals surface area contributed by atoms with Gasteiger partial charge in [-0.05, 0) is 42.4 Å². The highest BCUT2D eigenvalue weighted by molar-refractivity contribution is 7.99. The fourth-order valence-electron chi connectivity index (χ4n) is 1.66. The molecular formula is C12H12N6S. The van der Waals surface area contributed by atoms with Crippen LogP contribution < -0.4 is 5.73 Å². The van der Waals surface area contributed by atoms with Crippen LogP contribution in [0.5, 0.6) is 0 Å². The normalized spacial score (nSPS) is 11.0. The fraction of sp³-hybridized carbons (Fsp3) is 0.167. The lowest BCUT2D eigenvalue weighted by Crippen LogP contribution is -2.03. The summed E-state index contributed by atoms with van der Waals surface area (Å²) in [6.45, 7) is 0.602.